The molecule has 0 atom stereocenters. The minimum absolute atomic E-state index is 0.0877. The first-order valence-electron chi connectivity index (χ1n) is 7.16. The van der Waals surface area contributed by atoms with E-state index in [0.29, 0.717) is 10.2 Å². The van der Waals surface area contributed by atoms with Crippen LogP contribution in [0.5, 0.6) is 0 Å². The summed E-state index contributed by atoms with van der Waals surface area (Å²) in [5.41, 5.74) is 0.419. The lowest BCUT2D eigenvalue weighted by Gasteiger charge is -2.25. The largest absolute Gasteiger partial charge is 0.478 e. The topological polar surface area (TPSA) is 69.6 Å². The van der Waals surface area contributed by atoms with E-state index in [0.717, 1.165) is 38.8 Å². The Morgan fingerprint density at radius 2 is 1.71 bits per heavy atom. The second-order valence-corrected chi connectivity index (χ2v) is 6.10. The van der Waals surface area contributed by atoms with Crippen molar-refractivity contribution in [3.8, 4) is 0 Å². The molecule has 2 amide bonds. The molecule has 1 aromatic carbocycles. The Kier molecular flexibility index (Phi) is 5.61. The highest BCUT2D eigenvalue weighted by Crippen LogP contribution is 2.22. The smallest absolute Gasteiger partial charge is 0.337 e. The third kappa shape index (κ3) is 4.46. The monoisotopic (exact) mass is 354 g/mol. The van der Waals surface area contributed by atoms with Gasteiger partial charge in [0.1, 0.15) is 0 Å². The van der Waals surface area contributed by atoms with Gasteiger partial charge in [-0.05, 0) is 31.0 Å². The fourth-order valence-electron chi connectivity index (χ4n) is 2.45. The van der Waals surface area contributed by atoms with Crippen molar-refractivity contribution in [1.82, 2.24) is 4.90 Å². The second-order valence-electron chi connectivity index (χ2n) is 5.18. The molecule has 2 rings (SSSR count). The summed E-state index contributed by atoms with van der Waals surface area (Å²) >= 11 is 3.24. The van der Waals surface area contributed by atoms with Gasteiger partial charge in [0.25, 0.3) is 0 Å². The minimum Gasteiger partial charge on any atom is -0.478 e. The summed E-state index contributed by atoms with van der Waals surface area (Å²) in [6.45, 7) is 1.45. The predicted molar refractivity (Wildman–Crippen MR) is 84.8 cm³/mol. The summed E-state index contributed by atoms with van der Waals surface area (Å²) in [5.74, 6) is -1.06. The maximum Gasteiger partial charge on any atom is 0.337 e. The molecule has 1 fully saturated rings. The van der Waals surface area contributed by atoms with E-state index in [1.54, 1.807) is 17.0 Å². The number of nitrogens with zero attached hydrogens (tertiary/aromatic N) is 1. The van der Waals surface area contributed by atoms with Crippen LogP contribution in [0.25, 0.3) is 0 Å². The quantitative estimate of drug-likeness (QED) is 0.844. The summed E-state index contributed by atoms with van der Waals surface area (Å²) in [4.78, 5) is 25.3. The van der Waals surface area contributed by atoms with Crippen LogP contribution in [-0.4, -0.2) is 35.1 Å². The van der Waals surface area contributed by atoms with Crippen LogP contribution in [0.3, 0.4) is 0 Å². The van der Waals surface area contributed by atoms with Crippen LogP contribution in [0.1, 0.15) is 42.5 Å². The molecular formula is C15H19BrN2O3. The number of benzene rings is 1. The van der Waals surface area contributed by atoms with Crippen LogP contribution in [0, 0.1) is 0 Å². The van der Waals surface area contributed by atoms with Gasteiger partial charge in [-0.1, -0.05) is 35.2 Å². The number of hydrogen-bond donors (Lipinski definition) is 2. The third-order valence-corrected chi connectivity index (χ3v) is 4.09. The summed E-state index contributed by atoms with van der Waals surface area (Å²) in [6.07, 6.45) is 5.51. The number of halogens is 1. The van der Waals surface area contributed by atoms with Crippen LogP contribution in [-0.2, 0) is 0 Å². The van der Waals surface area contributed by atoms with E-state index in [1.165, 1.54) is 12.5 Å². The van der Waals surface area contributed by atoms with Crippen molar-refractivity contribution in [3.05, 3.63) is 28.2 Å². The number of carbonyl (C=O) groups is 2. The maximum atomic E-state index is 12.3. The van der Waals surface area contributed by atoms with Gasteiger partial charge in [0, 0.05) is 17.6 Å². The van der Waals surface area contributed by atoms with Crippen LogP contribution in [0.4, 0.5) is 10.5 Å². The summed E-state index contributed by atoms with van der Waals surface area (Å²) in [5, 5.41) is 11.9. The van der Waals surface area contributed by atoms with Gasteiger partial charge in [-0.2, -0.15) is 0 Å². The van der Waals surface area contributed by atoms with E-state index in [4.69, 9.17) is 0 Å². The minimum atomic E-state index is -1.06. The summed E-state index contributed by atoms with van der Waals surface area (Å²) in [6, 6.07) is 4.60. The lowest BCUT2D eigenvalue weighted by atomic mass is 10.1. The van der Waals surface area contributed by atoms with Gasteiger partial charge < -0.3 is 15.3 Å². The van der Waals surface area contributed by atoms with E-state index in [9.17, 15) is 14.7 Å². The van der Waals surface area contributed by atoms with E-state index >= 15 is 0 Å². The molecule has 0 spiro atoms. The highest BCUT2D eigenvalue weighted by molar-refractivity contribution is 9.10. The Morgan fingerprint density at radius 3 is 2.33 bits per heavy atom. The van der Waals surface area contributed by atoms with E-state index in [1.807, 2.05) is 0 Å². The first-order chi connectivity index (χ1) is 10.1. The Morgan fingerprint density at radius 1 is 1.10 bits per heavy atom. The van der Waals surface area contributed by atoms with Crippen molar-refractivity contribution in [2.24, 2.45) is 0 Å². The highest BCUT2D eigenvalue weighted by atomic mass is 79.9. The Balaban J connectivity index is 2.09. The number of urea groups is 1. The number of amides is 2. The molecule has 6 heteroatoms. The van der Waals surface area contributed by atoms with Gasteiger partial charge >= 0.3 is 12.0 Å². The SMILES string of the molecule is O=C(O)c1cc(Br)ccc1NC(=O)N1CCCCCCC1. The number of anilines is 1. The molecule has 1 aromatic rings. The van der Waals surface area contributed by atoms with Crippen LogP contribution in [0.2, 0.25) is 0 Å². The number of carboxylic acids is 1. The molecule has 21 heavy (non-hydrogen) atoms. The maximum absolute atomic E-state index is 12.3. The number of carboxylic acid groups (broad SMARTS) is 1. The Bertz CT molecular complexity index is 526. The van der Waals surface area contributed by atoms with E-state index in [2.05, 4.69) is 21.2 Å². The van der Waals surface area contributed by atoms with Crippen molar-refractivity contribution in [2.45, 2.75) is 32.1 Å². The molecule has 0 aliphatic carbocycles. The second kappa shape index (κ2) is 7.45. The average molecular weight is 355 g/mol. The molecular weight excluding hydrogens is 336 g/mol. The zero-order valence-electron chi connectivity index (χ0n) is 11.8. The lowest BCUT2D eigenvalue weighted by Crippen LogP contribution is -2.37. The predicted octanol–water partition coefficient (Wildman–Crippen LogP) is 3.95. The molecule has 1 aliphatic rings. The number of hydrogen-bond acceptors (Lipinski definition) is 2. The van der Waals surface area contributed by atoms with Gasteiger partial charge in [-0.25, -0.2) is 9.59 Å². The average Bonchev–Trinajstić information content (AvgIpc) is 2.40. The van der Waals surface area contributed by atoms with Gasteiger partial charge in [0.15, 0.2) is 0 Å². The molecule has 114 valence electrons. The van der Waals surface area contributed by atoms with Gasteiger partial charge in [-0.15, -0.1) is 0 Å². The molecule has 0 saturated carbocycles. The van der Waals surface area contributed by atoms with E-state index < -0.39 is 5.97 Å². The number of rotatable bonds is 2. The summed E-state index contributed by atoms with van der Waals surface area (Å²) in [7, 11) is 0. The first kappa shape index (κ1) is 15.8. The molecule has 1 aliphatic heterocycles. The van der Waals surface area contributed by atoms with Crippen molar-refractivity contribution in [3.63, 3.8) is 0 Å². The molecule has 0 unspecified atom stereocenters. The fraction of sp³-hybridized carbons (Fsp3) is 0.467. The fourth-order valence-corrected chi connectivity index (χ4v) is 2.81. The zero-order valence-corrected chi connectivity index (χ0v) is 13.4. The van der Waals surface area contributed by atoms with Crippen LogP contribution in [0.15, 0.2) is 22.7 Å². The first-order valence-corrected chi connectivity index (χ1v) is 7.96. The van der Waals surface area contributed by atoms with Crippen molar-refractivity contribution in [1.29, 1.82) is 0 Å². The normalized spacial score (nSPS) is 16.0. The number of aromatic carboxylic acids is 1. The standard InChI is InChI=1S/C15H19BrN2O3/c16-11-6-7-13(12(10-11)14(19)20)17-15(21)18-8-4-2-1-3-5-9-18/h6-7,10H,1-5,8-9H2,(H,17,21)(H,19,20). The Hall–Kier alpha value is -1.56. The molecule has 5 nitrogen and oxygen atoms in total. The zero-order chi connectivity index (χ0) is 15.2. The van der Waals surface area contributed by atoms with E-state index in [-0.39, 0.29) is 11.6 Å². The lowest BCUT2D eigenvalue weighted by molar-refractivity contribution is 0.0698. The molecule has 0 bridgehead atoms. The number of nitrogens with one attached hydrogen (secondary N) is 1. The number of carbonyl (C=O) groups excluding carboxylic acids is 1. The molecule has 0 radical (unpaired) electrons. The third-order valence-electron chi connectivity index (χ3n) is 3.60. The highest BCUT2D eigenvalue weighted by Gasteiger charge is 2.18. The molecule has 0 aromatic heterocycles. The Labute approximate surface area is 132 Å². The van der Waals surface area contributed by atoms with Crippen LogP contribution < -0.4 is 5.32 Å². The molecule has 1 saturated heterocycles. The molecule has 2 N–H and O–H groups in total. The van der Waals surface area contributed by atoms with Crippen molar-refractivity contribution < 1.29 is 14.7 Å². The van der Waals surface area contributed by atoms with Gasteiger partial charge in [-0.3, -0.25) is 0 Å². The van der Waals surface area contributed by atoms with Gasteiger partial charge in [0.2, 0.25) is 0 Å². The molecule has 1 heterocycles. The number of likely N-dealkylation sites (tertiary alicyclic amines) is 1. The van der Waals surface area contributed by atoms with Crippen molar-refractivity contribution >= 4 is 33.6 Å². The van der Waals surface area contributed by atoms with Crippen molar-refractivity contribution in [2.75, 3.05) is 18.4 Å². The van der Waals surface area contributed by atoms with Gasteiger partial charge in [0.05, 0.1) is 11.3 Å². The summed E-state index contributed by atoms with van der Waals surface area (Å²) < 4.78 is 0.671. The van der Waals surface area contributed by atoms with Crippen LogP contribution >= 0.6 is 15.9 Å².